The predicted molar refractivity (Wildman–Crippen MR) is 150 cm³/mol. The molecule has 4 amide bonds. The van der Waals surface area contributed by atoms with Gasteiger partial charge < -0.3 is 20.2 Å². The molecule has 0 spiro atoms. The summed E-state index contributed by atoms with van der Waals surface area (Å²) in [6, 6.07) is 20.9. The van der Waals surface area contributed by atoms with Crippen LogP contribution in [0, 0.1) is 5.82 Å². The van der Waals surface area contributed by atoms with Gasteiger partial charge in [0.1, 0.15) is 23.8 Å². The van der Waals surface area contributed by atoms with Gasteiger partial charge in [0.05, 0.1) is 19.6 Å². The largest absolute Gasteiger partial charge is 0.508 e. The molecule has 41 heavy (non-hydrogen) atoms. The lowest BCUT2D eigenvalue weighted by Crippen LogP contribution is -2.66. The van der Waals surface area contributed by atoms with Crippen LogP contribution < -0.4 is 5.32 Å². The molecule has 3 aromatic rings. The maximum Gasteiger partial charge on any atom is 0.332 e. The molecule has 0 aromatic heterocycles. The third-order valence-electron chi connectivity index (χ3n) is 7.38. The lowest BCUT2D eigenvalue weighted by atomic mass is 10.00. The molecule has 5 rings (SSSR count). The second-order valence-electron chi connectivity index (χ2n) is 10.1. The first-order valence-electron chi connectivity index (χ1n) is 13.4. The van der Waals surface area contributed by atoms with Crippen LogP contribution in [0.15, 0.2) is 91.5 Å². The lowest BCUT2D eigenvalue weighted by molar-refractivity contribution is -0.157. The number of benzene rings is 3. The highest BCUT2D eigenvalue weighted by atomic mass is 19.1. The van der Waals surface area contributed by atoms with E-state index < -0.39 is 24.1 Å². The summed E-state index contributed by atoms with van der Waals surface area (Å²) in [4.78, 5) is 43.8. The number of hydrogen-bond donors (Lipinski definition) is 2. The van der Waals surface area contributed by atoms with Gasteiger partial charge in [-0.2, -0.15) is 5.01 Å². The molecule has 0 bridgehead atoms. The van der Waals surface area contributed by atoms with Crippen molar-refractivity contribution in [3.8, 4) is 5.75 Å². The van der Waals surface area contributed by atoms with Crippen molar-refractivity contribution in [1.29, 1.82) is 0 Å². The minimum absolute atomic E-state index is 0.0195. The minimum Gasteiger partial charge on any atom is -0.508 e. The number of carbonyl (C=O) groups excluding carboxylic acids is 3. The molecule has 2 heterocycles. The Morgan fingerprint density at radius 1 is 1.02 bits per heavy atom. The molecular weight excluding hydrogens is 525 g/mol. The van der Waals surface area contributed by atoms with Gasteiger partial charge in [-0.1, -0.05) is 66.7 Å². The van der Waals surface area contributed by atoms with Crippen molar-refractivity contribution in [2.45, 2.75) is 31.7 Å². The number of phenolic OH excluding ortho intramolecular Hbond substituents is 1. The fourth-order valence-corrected chi connectivity index (χ4v) is 5.37. The standard InChI is InChI=1S/C31H32FN5O4/c1-2-16-35(31(41)33-18-23-8-4-3-5-9-23)36-21-29(39)37-27(17-22-12-14-25(38)15-13-22)30(40)34(20-28(36)37)19-24-10-6-7-11-26(24)32/h2-15,27-28,38H,1,16-21H2,(H,33,41)/t27-,28+/m0/s1. The first kappa shape index (κ1) is 27.9. The molecule has 0 radical (unpaired) electrons. The summed E-state index contributed by atoms with van der Waals surface area (Å²) in [6.45, 7) is 4.23. The Hall–Kier alpha value is -4.70. The quantitative estimate of drug-likeness (QED) is 0.394. The molecule has 2 atom stereocenters. The van der Waals surface area contributed by atoms with E-state index >= 15 is 0 Å². The van der Waals surface area contributed by atoms with E-state index in [1.807, 2.05) is 30.3 Å². The Morgan fingerprint density at radius 3 is 2.44 bits per heavy atom. The third-order valence-corrected chi connectivity index (χ3v) is 7.38. The zero-order valence-corrected chi connectivity index (χ0v) is 22.5. The number of fused-ring (bicyclic) bond motifs is 1. The van der Waals surface area contributed by atoms with Crippen molar-refractivity contribution in [1.82, 2.24) is 25.1 Å². The summed E-state index contributed by atoms with van der Waals surface area (Å²) in [5.41, 5.74) is 2.03. The molecule has 2 aliphatic heterocycles. The Balaban J connectivity index is 1.44. The van der Waals surface area contributed by atoms with Gasteiger partial charge in [-0.15, -0.1) is 6.58 Å². The van der Waals surface area contributed by atoms with Gasteiger partial charge >= 0.3 is 6.03 Å². The fourth-order valence-electron chi connectivity index (χ4n) is 5.37. The summed E-state index contributed by atoms with van der Waals surface area (Å²) in [6.07, 6.45) is 1.12. The molecule has 9 nitrogen and oxygen atoms in total. The molecule has 10 heteroatoms. The zero-order chi connectivity index (χ0) is 28.9. The van der Waals surface area contributed by atoms with Crippen LogP contribution in [0.1, 0.15) is 16.7 Å². The first-order chi connectivity index (χ1) is 19.9. The SMILES string of the molecule is C=CCN(C(=O)NCc1ccccc1)N1CC(=O)N2[C@@H](Cc3ccc(O)cc3)C(=O)N(Cc3ccccc3F)C[C@@H]21. The number of hydrogen-bond acceptors (Lipinski definition) is 5. The van der Waals surface area contributed by atoms with Gasteiger partial charge in [0, 0.05) is 25.1 Å². The third kappa shape index (κ3) is 6.07. The maximum atomic E-state index is 14.6. The highest BCUT2D eigenvalue weighted by molar-refractivity contribution is 5.91. The van der Waals surface area contributed by atoms with Crippen molar-refractivity contribution in [3.63, 3.8) is 0 Å². The number of halogens is 1. The van der Waals surface area contributed by atoms with Gasteiger partial charge in [0.2, 0.25) is 11.8 Å². The number of amides is 4. The van der Waals surface area contributed by atoms with Gasteiger partial charge in [-0.25, -0.2) is 9.18 Å². The molecular formula is C31H32FN5O4. The van der Waals surface area contributed by atoms with Gasteiger partial charge in [0.15, 0.2) is 0 Å². The fraction of sp³-hybridized carbons (Fsp3) is 0.258. The predicted octanol–water partition coefficient (Wildman–Crippen LogP) is 3.27. The molecule has 3 aromatic carbocycles. The molecule has 0 aliphatic carbocycles. The second kappa shape index (κ2) is 12.2. The van der Waals surface area contributed by atoms with Crippen LogP contribution in [0.3, 0.4) is 0 Å². The molecule has 0 saturated carbocycles. The molecule has 2 fully saturated rings. The van der Waals surface area contributed by atoms with E-state index in [4.69, 9.17) is 0 Å². The van der Waals surface area contributed by atoms with Crippen LogP contribution in [0.2, 0.25) is 0 Å². The average Bonchev–Trinajstić information content (AvgIpc) is 3.30. The van der Waals surface area contributed by atoms with E-state index in [1.54, 1.807) is 46.3 Å². The van der Waals surface area contributed by atoms with Crippen molar-refractivity contribution in [2.75, 3.05) is 19.6 Å². The number of piperazine rings is 1. The Kier molecular flexibility index (Phi) is 8.30. The molecule has 212 valence electrons. The van der Waals surface area contributed by atoms with Crippen molar-refractivity contribution in [3.05, 3.63) is 114 Å². The molecule has 2 aliphatic rings. The highest BCUT2D eigenvalue weighted by Crippen LogP contribution is 2.30. The van der Waals surface area contributed by atoms with Crippen LogP contribution in [0.25, 0.3) is 0 Å². The molecule has 2 N–H and O–H groups in total. The van der Waals surface area contributed by atoms with Crippen molar-refractivity contribution in [2.24, 2.45) is 0 Å². The Morgan fingerprint density at radius 2 is 1.73 bits per heavy atom. The zero-order valence-electron chi connectivity index (χ0n) is 22.5. The van der Waals surface area contributed by atoms with Crippen LogP contribution in [0.5, 0.6) is 5.75 Å². The van der Waals surface area contributed by atoms with E-state index in [2.05, 4.69) is 11.9 Å². The lowest BCUT2D eigenvalue weighted by Gasteiger charge is -2.46. The van der Waals surface area contributed by atoms with Gasteiger partial charge in [-0.05, 0) is 29.3 Å². The van der Waals surface area contributed by atoms with Crippen LogP contribution in [-0.2, 0) is 29.1 Å². The summed E-state index contributed by atoms with van der Waals surface area (Å²) in [5, 5.41) is 15.7. The van der Waals surface area contributed by atoms with Crippen LogP contribution in [-0.4, -0.2) is 74.6 Å². The number of phenols is 1. The Bertz CT molecular complexity index is 1420. The van der Waals surface area contributed by atoms with E-state index in [1.165, 1.54) is 28.1 Å². The number of rotatable bonds is 9. The molecule has 0 unspecified atom stereocenters. The van der Waals surface area contributed by atoms with E-state index in [0.29, 0.717) is 12.1 Å². The van der Waals surface area contributed by atoms with Gasteiger partial charge in [-0.3, -0.25) is 14.6 Å². The second-order valence-corrected chi connectivity index (χ2v) is 10.1. The first-order valence-corrected chi connectivity index (χ1v) is 13.4. The number of urea groups is 1. The summed E-state index contributed by atoms with van der Waals surface area (Å²) >= 11 is 0. The molecule has 2 saturated heterocycles. The maximum absolute atomic E-state index is 14.6. The van der Waals surface area contributed by atoms with Crippen molar-refractivity contribution < 1.29 is 23.9 Å². The van der Waals surface area contributed by atoms with Gasteiger partial charge in [0.25, 0.3) is 0 Å². The topological polar surface area (TPSA) is 96.4 Å². The van der Waals surface area contributed by atoms with E-state index in [-0.39, 0.29) is 50.2 Å². The number of hydrazine groups is 1. The monoisotopic (exact) mass is 557 g/mol. The van der Waals surface area contributed by atoms with E-state index in [9.17, 15) is 23.9 Å². The summed E-state index contributed by atoms with van der Waals surface area (Å²) < 4.78 is 14.6. The number of nitrogens with one attached hydrogen (secondary N) is 1. The van der Waals surface area contributed by atoms with Crippen LogP contribution >= 0.6 is 0 Å². The number of carbonyl (C=O) groups is 3. The van der Waals surface area contributed by atoms with E-state index in [0.717, 1.165) is 11.1 Å². The average molecular weight is 558 g/mol. The van der Waals surface area contributed by atoms with Crippen molar-refractivity contribution >= 4 is 17.8 Å². The number of nitrogens with zero attached hydrogens (tertiary/aromatic N) is 4. The summed E-state index contributed by atoms with van der Waals surface area (Å²) in [7, 11) is 0. The normalized spacial score (nSPS) is 18.8. The highest BCUT2D eigenvalue weighted by Gasteiger charge is 2.52. The smallest absolute Gasteiger partial charge is 0.332 e. The Labute approximate surface area is 238 Å². The van der Waals surface area contributed by atoms with Crippen LogP contribution in [0.4, 0.5) is 9.18 Å². The summed E-state index contributed by atoms with van der Waals surface area (Å²) in [5.74, 6) is -0.933. The number of aromatic hydroxyl groups is 1. The minimum atomic E-state index is -0.875.